The van der Waals surface area contributed by atoms with Gasteiger partial charge in [0, 0.05) is 7.11 Å². The summed E-state index contributed by atoms with van der Waals surface area (Å²) in [6.45, 7) is 1.09. The molecule has 2 aromatic rings. The van der Waals surface area contributed by atoms with Crippen molar-refractivity contribution in [3.05, 3.63) is 59.9 Å². The smallest absolute Gasteiger partial charge is 0.138 e. The maximum absolute atomic E-state index is 5.62. The van der Waals surface area contributed by atoms with Gasteiger partial charge in [-0.1, -0.05) is 30.3 Å². The lowest BCUT2D eigenvalue weighted by Gasteiger charge is -2.06. The molecule has 0 aliphatic heterocycles. The van der Waals surface area contributed by atoms with Crippen molar-refractivity contribution in [2.45, 2.75) is 13.2 Å². The molecule has 0 bridgehead atoms. The second-order valence-corrected chi connectivity index (χ2v) is 3.69. The average molecular weight is 229 g/mol. The lowest BCUT2D eigenvalue weighted by atomic mass is 10.2. The van der Waals surface area contributed by atoms with Crippen LogP contribution in [-0.2, 0) is 18.0 Å². The van der Waals surface area contributed by atoms with Gasteiger partial charge in [-0.05, 0) is 17.7 Å². The summed E-state index contributed by atoms with van der Waals surface area (Å²) in [6, 6.07) is 13.9. The number of hydrogen-bond acceptors (Lipinski definition) is 3. The quantitative estimate of drug-likeness (QED) is 0.790. The molecule has 0 atom stereocenters. The molecule has 0 radical (unpaired) electrons. The summed E-state index contributed by atoms with van der Waals surface area (Å²) in [6.07, 6.45) is 1.72. The third-order valence-electron chi connectivity index (χ3n) is 2.34. The van der Waals surface area contributed by atoms with Crippen molar-refractivity contribution < 1.29 is 9.47 Å². The molecule has 0 saturated heterocycles. The van der Waals surface area contributed by atoms with Gasteiger partial charge in [-0.25, -0.2) is 0 Å². The van der Waals surface area contributed by atoms with E-state index in [1.807, 2.05) is 42.5 Å². The minimum Gasteiger partial charge on any atom is -0.487 e. The Morgan fingerprint density at radius 2 is 1.82 bits per heavy atom. The second kappa shape index (κ2) is 6.01. The first-order valence-electron chi connectivity index (χ1n) is 5.49. The van der Waals surface area contributed by atoms with E-state index in [0.717, 1.165) is 17.0 Å². The molecule has 0 fully saturated rings. The normalized spacial score (nSPS) is 10.2. The molecule has 3 heteroatoms. The summed E-state index contributed by atoms with van der Waals surface area (Å²) in [5, 5.41) is 0. The van der Waals surface area contributed by atoms with Crippen LogP contribution in [0, 0.1) is 0 Å². The summed E-state index contributed by atoms with van der Waals surface area (Å²) in [4.78, 5) is 4.23. The molecule has 0 saturated carbocycles. The van der Waals surface area contributed by atoms with Crippen molar-refractivity contribution >= 4 is 0 Å². The van der Waals surface area contributed by atoms with E-state index in [2.05, 4.69) is 4.98 Å². The van der Waals surface area contributed by atoms with Gasteiger partial charge >= 0.3 is 0 Å². The number of nitrogens with zero attached hydrogens (tertiary/aromatic N) is 1. The first-order chi connectivity index (χ1) is 8.38. The van der Waals surface area contributed by atoms with E-state index in [1.165, 1.54) is 0 Å². The largest absolute Gasteiger partial charge is 0.487 e. The summed E-state index contributed by atoms with van der Waals surface area (Å²) >= 11 is 0. The van der Waals surface area contributed by atoms with Crippen molar-refractivity contribution in [2.75, 3.05) is 7.11 Å². The third kappa shape index (κ3) is 3.57. The Kier molecular flexibility index (Phi) is 4.11. The molecule has 0 spiro atoms. The lowest BCUT2D eigenvalue weighted by molar-refractivity contribution is 0.181. The molecule has 2 rings (SSSR count). The number of benzene rings is 1. The number of aromatic nitrogens is 1. The standard InChI is InChI=1S/C14H15NO2/c1-16-11-13-7-8-14(9-15-13)17-10-12-5-3-2-4-6-12/h2-9H,10-11H2,1H3. The summed E-state index contributed by atoms with van der Waals surface area (Å²) in [5.41, 5.74) is 2.05. The van der Waals surface area contributed by atoms with Gasteiger partial charge in [-0.2, -0.15) is 0 Å². The van der Waals surface area contributed by atoms with Crippen LogP contribution in [0.15, 0.2) is 48.7 Å². The van der Waals surface area contributed by atoms with Crippen LogP contribution in [0.4, 0.5) is 0 Å². The third-order valence-corrected chi connectivity index (χ3v) is 2.34. The highest BCUT2D eigenvalue weighted by molar-refractivity contribution is 5.21. The molecular formula is C14H15NO2. The highest BCUT2D eigenvalue weighted by Gasteiger charge is 1.97. The fourth-order valence-electron chi connectivity index (χ4n) is 1.47. The summed E-state index contributed by atoms with van der Waals surface area (Å²) in [5.74, 6) is 0.772. The Morgan fingerprint density at radius 1 is 1.00 bits per heavy atom. The van der Waals surface area contributed by atoms with Crippen LogP contribution in [0.25, 0.3) is 0 Å². The van der Waals surface area contributed by atoms with Crippen molar-refractivity contribution in [1.82, 2.24) is 4.98 Å². The van der Waals surface area contributed by atoms with E-state index in [0.29, 0.717) is 13.2 Å². The second-order valence-electron chi connectivity index (χ2n) is 3.69. The van der Waals surface area contributed by atoms with Gasteiger partial charge < -0.3 is 9.47 Å². The monoisotopic (exact) mass is 229 g/mol. The number of methoxy groups -OCH3 is 1. The van der Waals surface area contributed by atoms with E-state index in [9.17, 15) is 0 Å². The molecule has 1 heterocycles. The van der Waals surface area contributed by atoms with Crippen molar-refractivity contribution in [3.63, 3.8) is 0 Å². The predicted molar refractivity (Wildman–Crippen MR) is 65.7 cm³/mol. The first kappa shape index (κ1) is 11.6. The zero-order valence-electron chi connectivity index (χ0n) is 9.80. The van der Waals surface area contributed by atoms with Crippen LogP contribution >= 0.6 is 0 Å². The van der Waals surface area contributed by atoms with Crippen LogP contribution in [-0.4, -0.2) is 12.1 Å². The van der Waals surface area contributed by atoms with Gasteiger partial charge in [-0.3, -0.25) is 4.98 Å². The minimum absolute atomic E-state index is 0.527. The van der Waals surface area contributed by atoms with Gasteiger partial charge in [0.25, 0.3) is 0 Å². The maximum atomic E-state index is 5.62. The minimum atomic E-state index is 0.527. The van der Waals surface area contributed by atoms with E-state index in [4.69, 9.17) is 9.47 Å². The molecular weight excluding hydrogens is 214 g/mol. The lowest BCUT2D eigenvalue weighted by Crippen LogP contribution is -1.97. The van der Waals surface area contributed by atoms with Crippen LogP contribution in [0.2, 0.25) is 0 Å². The molecule has 1 aromatic heterocycles. The van der Waals surface area contributed by atoms with Gasteiger partial charge in [0.05, 0.1) is 18.5 Å². The fourth-order valence-corrected chi connectivity index (χ4v) is 1.47. The average Bonchev–Trinajstić information content (AvgIpc) is 2.40. The maximum Gasteiger partial charge on any atom is 0.138 e. The Labute approximate surface area is 101 Å². The molecule has 0 N–H and O–H groups in total. The molecule has 0 amide bonds. The van der Waals surface area contributed by atoms with E-state index < -0.39 is 0 Å². The topological polar surface area (TPSA) is 31.4 Å². The van der Waals surface area contributed by atoms with E-state index in [-0.39, 0.29) is 0 Å². The Bertz CT molecular complexity index is 440. The SMILES string of the molecule is COCc1ccc(OCc2ccccc2)cn1. The molecule has 3 nitrogen and oxygen atoms in total. The Hall–Kier alpha value is -1.87. The van der Waals surface area contributed by atoms with Gasteiger partial charge in [0.15, 0.2) is 0 Å². The molecule has 88 valence electrons. The van der Waals surface area contributed by atoms with E-state index in [1.54, 1.807) is 13.3 Å². The summed E-state index contributed by atoms with van der Waals surface area (Å²) < 4.78 is 10.6. The highest BCUT2D eigenvalue weighted by atomic mass is 16.5. The number of hydrogen-bond donors (Lipinski definition) is 0. The summed E-state index contributed by atoms with van der Waals surface area (Å²) in [7, 11) is 1.65. The van der Waals surface area contributed by atoms with E-state index >= 15 is 0 Å². The first-order valence-corrected chi connectivity index (χ1v) is 5.49. The molecule has 1 aromatic carbocycles. The van der Waals surface area contributed by atoms with Gasteiger partial charge in [-0.15, -0.1) is 0 Å². The number of rotatable bonds is 5. The van der Waals surface area contributed by atoms with Crippen molar-refractivity contribution in [2.24, 2.45) is 0 Å². The van der Waals surface area contributed by atoms with Gasteiger partial charge in [0.1, 0.15) is 12.4 Å². The van der Waals surface area contributed by atoms with Crippen LogP contribution in [0.1, 0.15) is 11.3 Å². The molecule has 17 heavy (non-hydrogen) atoms. The molecule has 0 unspecified atom stereocenters. The van der Waals surface area contributed by atoms with Gasteiger partial charge in [0.2, 0.25) is 0 Å². The molecule has 0 aliphatic rings. The fraction of sp³-hybridized carbons (Fsp3) is 0.214. The predicted octanol–water partition coefficient (Wildman–Crippen LogP) is 2.81. The van der Waals surface area contributed by atoms with Crippen LogP contribution in [0.3, 0.4) is 0 Å². The number of pyridine rings is 1. The highest BCUT2D eigenvalue weighted by Crippen LogP contribution is 2.12. The zero-order chi connectivity index (χ0) is 11.9. The zero-order valence-corrected chi connectivity index (χ0v) is 9.80. The Balaban J connectivity index is 1.91. The Morgan fingerprint density at radius 3 is 2.47 bits per heavy atom. The van der Waals surface area contributed by atoms with Crippen LogP contribution < -0.4 is 4.74 Å². The number of ether oxygens (including phenoxy) is 2. The van der Waals surface area contributed by atoms with Crippen molar-refractivity contribution in [3.8, 4) is 5.75 Å². The van der Waals surface area contributed by atoms with Crippen LogP contribution in [0.5, 0.6) is 5.75 Å². The van der Waals surface area contributed by atoms with Crippen molar-refractivity contribution in [1.29, 1.82) is 0 Å². The molecule has 0 aliphatic carbocycles.